The third-order valence-electron chi connectivity index (χ3n) is 6.77. The number of nitrogens with two attached hydrogens (primary N) is 2. The first-order valence-corrected chi connectivity index (χ1v) is 12.8. The van der Waals surface area contributed by atoms with E-state index in [2.05, 4.69) is 15.6 Å². The minimum Gasteiger partial charge on any atom is -0.436 e. The maximum Gasteiger partial charge on any atom is 0.422 e. The summed E-state index contributed by atoms with van der Waals surface area (Å²) in [6.45, 7) is 1.07. The zero-order valence-electron chi connectivity index (χ0n) is 20.9. The Morgan fingerprint density at radius 1 is 1.10 bits per heavy atom. The molecule has 11 heteroatoms. The molecule has 3 amide bonds. The fourth-order valence-corrected chi connectivity index (χ4v) is 5.08. The van der Waals surface area contributed by atoms with Gasteiger partial charge in [0.05, 0.1) is 11.4 Å². The number of carbonyl (C=O) groups is 3. The van der Waals surface area contributed by atoms with E-state index in [0.29, 0.717) is 47.0 Å². The second kappa shape index (κ2) is 10.8. The van der Waals surface area contributed by atoms with E-state index in [4.69, 9.17) is 27.8 Å². The Bertz CT molecular complexity index is 1430. The van der Waals surface area contributed by atoms with Crippen molar-refractivity contribution in [3.8, 4) is 0 Å². The summed E-state index contributed by atoms with van der Waals surface area (Å²) in [5.41, 5.74) is 12.5. The Balaban J connectivity index is 1.48. The minimum atomic E-state index is -1.08. The predicted octanol–water partition coefficient (Wildman–Crippen LogP) is 2.96. The van der Waals surface area contributed by atoms with Gasteiger partial charge in [0.25, 0.3) is 11.8 Å². The molecule has 0 bridgehead atoms. The van der Waals surface area contributed by atoms with Crippen LogP contribution in [0.1, 0.15) is 27.9 Å². The molecule has 10 nitrogen and oxygen atoms in total. The molecule has 1 saturated heterocycles. The van der Waals surface area contributed by atoms with Crippen LogP contribution in [0.15, 0.2) is 77.8 Å². The summed E-state index contributed by atoms with van der Waals surface area (Å²) in [6, 6.07) is 19.4. The highest BCUT2D eigenvalue weighted by atomic mass is 35.5. The Kier molecular flexibility index (Phi) is 7.23. The van der Waals surface area contributed by atoms with E-state index in [0.717, 1.165) is 10.5 Å². The lowest BCUT2D eigenvalue weighted by Crippen LogP contribution is -2.56. The number of anilines is 1. The van der Waals surface area contributed by atoms with Crippen molar-refractivity contribution in [2.45, 2.75) is 24.5 Å². The number of guanidine groups is 1. The van der Waals surface area contributed by atoms with E-state index in [1.54, 1.807) is 42.5 Å². The van der Waals surface area contributed by atoms with Crippen molar-refractivity contribution in [1.29, 1.82) is 0 Å². The monoisotopic (exact) mass is 546 g/mol. The highest BCUT2D eigenvalue weighted by molar-refractivity contribution is 6.31. The number of rotatable bonds is 6. The van der Waals surface area contributed by atoms with Gasteiger partial charge in [-0.1, -0.05) is 41.9 Å². The van der Waals surface area contributed by atoms with Gasteiger partial charge < -0.3 is 26.8 Å². The second-order valence-corrected chi connectivity index (χ2v) is 9.86. The molecule has 200 valence electrons. The fraction of sp³-hybridized carbons (Fsp3) is 0.214. The first-order valence-electron chi connectivity index (χ1n) is 12.4. The molecule has 2 unspecified atom stereocenters. The molecule has 0 radical (unpaired) electrons. The van der Waals surface area contributed by atoms with Crippen LogP contribution >= 0.6 is 11.6 Å². The Morgan fingerprint density at radius 3 is 2.51 bits per heavy atom. The van der Waals surface area contributed by atoms with Gasteiger partial charge in [-0.05, 0) is 54.6 Å². The van der Waals surface area contributed by atoms with Crippen molar-refractivity contribution in [3.05, 3.63) is 94.5 Å². The Labute approximate surface area is 230 Å². The molecule has 1 fully saturated rings. The van der Waals surface area contributed by atoms with Gasteiger partial charge in [0.2, 0.25) is 0 Å². The third-order valence-corrected chi connectivity index (χ3v) is 7.00. The standard InChI is InChI=1S/C28H27ClN6O4/c29-19-8-11-23-21(15-19)28(12-13-32-16-28)39-27(38)35(23)25(37)22(14-17-4-2-1-3-5-17)34-24(36)18-6-9-20(10-7-18)33-26(30)31/h1-11,15,22,32H,12-14,16H2,(H,34,36)(H4,30,31,33). The highest BCUT2D eigenvalue weighted by Gasteiger charge is 2.49. The molecule has 3 aromatic carbocycles. The van der Waals surface area contributed by atoms with Crippen LogP contribution in [-0.4, -0.2) is 43.0 Å². The van der Waals surface area contributed by atoms with E-state index in [-0.39, 0.29) is 12.4 Å². The van der Waals surface area contributed by atoms with Crippen LogP contribution in [0.4, 0.5) is 16.2 Å². The normalized spacial score (nSPS) is 18.7. The van der Waals surface area contributed by atoms with Gasteiger partial charge in [0, 0.05) is 35.5 Å². The van der Waals surface area contributed by atoms with Gasteiger partial charge in [0.15, 0.2) is 11.6 Å². The number of hydrogen-bond acceptors (Lipinski definition) is 6. The summed E-state index contributed by atoms with van der Waals surface area (Å²) in [5, 5.41) is 6.48. The molecule has 3 aromatic rings. The van der Waals surface area contributed by atoms with E-state index in [9.17, 15) is 14.4 Å². The number of aliphatic imine (C=N–C) groups is 1. The zero-order chi connectivity index (χ0) is 27.6. The van der Waals surface area contributed by atoms with Crippen molar-refractivity contribution in [1.82, 2.24) is 10.6 Å². The van der Waals surface area contributed by atoms with Crippen molar-refractivity contribution in [3.63, 3.8) is 0 Å². The quantitative estimate of drug-likeness (QED) is 0.274. The number of benzene rings is 3. The number of nitrogens with zero attached hydrogens (tertiary/aromatic N) is 2. The smallest absolute Gasteiger partial charge is 0.422 e. The maximum atomic E-state index is 14.0. The van der Waals surface area contributed by atoms with Crippen LogP contribution in [0, 0.1) is 0 Å². The highest BCUT2D eigenvalue weighted by Crippen LogP contribution is 2.44. The molecule has 0 aromatic heterocycles. The minimum absolute atomic E-state index is 0.106. The first kappa shape index (κ1) is 26.2. The van der Waals surface area contributed by atoms with Crippen LogP contribution in [0.2, 0.25) is 5.02 Å². The summed E-state index contributed by atoms with van der Waals surface area (Å²) >= 11 is 6.30. The first-order chi connectivity index (χ1) is 18.8. The summed E-state index contributed by atoms with van der Waals surface area (Å²) in [7, 11) is 0. The number of ether oxygens (including phenoxy) is 1. The Hall–Kier alpha value is -4.41. The number of hydrogen-bond donors (Lipinski definition) is 4. The molecule has 1 spiro atoms. The molecule has 2 aliphatic rings. The molecule has 2 heterocycles. The average molecular weight is 547 g/mol. The summed E-state index contributed by atoms with van der Waals surface area (Å²) in [6.07, 6.45) is -0.0992. The topological polar surface area (TPSA) is 152 Å². The SMILES string of the molecule is NC(N)=Nc1ccc(C(=O)NC(Cc2ccccc2)C(=O)N2C(=O)OC3(CCNC3)c3cc(Cl)ccc32)cc1. The molecular formula is C28H27ClN6O4. The average Bonchev–Trinajstić information content (AvgIpc) is 3.38. The van der Waals surface area contributed by atoms with E-state index in [1.165, 1.54) is 0 Å². The van der Waals surface area contributed by atoms with Crippen molar-refractivity contribution >= 4 is 46.8 Å². The molecule has 0 saturated carbocycles. The Morgan fingerprint density at radius 2 is 1.85 bits per heavy atom. The number of fused-ring (bicyclic) bond motifs is 2. The van der Waals surface area contributed by atoms with Gasteiger partial charge in [-0.15, -0.1) is 0 Å². The molecule has 2 atom stereocenters. The van der Waals surface area contributed by atoms with Crippen LogP contribution in [-0.2, 0) is 21.6 Å². The predicted molar refractivity (Wildman–Crippen MR) is 148 cm³/mol. The lowest BCUT2D eigenvalue weighted by Gasteiger charge is -2.40. The number of amides is 3. The molecular weight excluding hydrogens is 520 g/mol. The molecule has 5 rings (SSSR count). The third kappa shape index (κ3) is 5.43. The molecule has 39 heavy (non-hydrogen) atoms. The van der Waals surface area contributed by atoms with Crippen molar-refractivity contribution in [2.24, 2.45) is 16.5 Å². The zero-order valence-corrected chi connectivity index (χ0v) is 21.6. The van der Waals surface area contributed by atoms with E-state index < -0.39 is 29.6 Å². The number of halogens is 1. The largest absolute Gasteiger partial charge is 0.436 e. The van der Waals surface area contributed by atoms with Crippen molar-refractivity contribution < 1.29 is 19.1 Å². The van der Waals surface area contributed by atoms with Gasteiger partial charge in [-0.25, -0.2) is 14.7 Å². The second-order valence-electron chi connectivity index (χ2n) is 9.42. The van der Waals surface area contributed by atoms with Gasteiger partial charge in [-0.3, -0.25) is 9.59 Å². The summed E-state index contributed by atoms with van der Waals surface area (Å²) < 4.78 is 5.88. The number of carbonyl (C=O) groups excluding carboxylic acids is 3. The maximum absolute atomic E-state index is 14.0. The van der Waals surface area contributed by atoms with E-state index >= 15 is 0 Å². The van der Waals surface area contributed by atoms with Crippen LogP contribution < -0.4 is 27.0 Å². The van der Waals surface area contributed by atoms with Crippen LogP contribution in [0.3, 0.4) is 0 Å². The lowest BCUT2D eigenvalue weighted by molar-refractivity contribution is -0.120. The van der Waals surface area contributed by atoms with Gasteiger partial charge in [-0.2, -0.15) is 0 Å². The molecule has 2 aliphatic heterocycles. The van der Waals surface area contributed by atoms with Gasteiger partial charge in [0.1, 0.15) is 6.04 Å². The molecule has 6 N–H and O–H groups in total. The van der Waals surface area contributed by atoms with Gasteiger partial charge >= 0.3 is 6.09 Å². The fourth-order valence-electron chi connectivity index (χ4n) is 4.91. The summed E-state index contributed by atoms with van der Waals surface area (Å²) in [4.78, 5) is 45.6. The van der Waals surface area contributed by atoms with Crippen molar-refractivity contribution in [2.75, 3.05) is 18.0 Å². The molecule has 0 aliphatic carbocycles. The number of imide groups is 1. The summed E-state index contributed by atoms with van der Waals surface area (Å²) in [5.74, 6) is -1.23. The van der Waals surface area contributed by atoms with E-state index in [1.807, 2.05) is 30.3 Å². The number of nitrogens with one attached hydrogen (secondary N) is 2. The van der Waals surface area contributed by atoms with Crippen LogP contribution in [0.25, 0.3) is 0 Å². The van der Waals surface area contributed by atoms with Crippen LogP contribution in [0.5, 0.6) is 0 Å². The lowest BCUT2D eigenvalue weighted by atomic mass is 9.89.